The second kappa shape index (κ2) is 7.67. The molecule has 1 aliphatic rings. The van der Waals surface area contributed by atoms with Gasteiger partial charge in [0.2, 0.25) is 5.91 Å². The molecule has 138 valence electrons. The van der Waals surface area contributed by atoms with Crippen LogP contribution in [-0.4, -0.2) is 72.8 Å². The van der Waals surface area contributed by atoms with Gasteiger partial charge in [0, 0.05) is 6.20 Å². The number of rotatable bonds is 6. The Kier molecular flexibility index (Phi) is 5.81. The van der Waals surface area contributed by atoms with E-state index in [9.17, 15) is 24.6 Å². The number of hydrogen-bond donors (Lipinski definition) is 6. The number of carboxylic acid groups (broad SMARTS) is 1. The van der Waals surface area contributed by atoms with E-state index in [1.165, 1.54) is 12.3 Å². The van der Waals surface area contributed by atoms with Crippen molar-refractivity contribution in [3.05, 3.63) is 22.7 Å². The first kappa shape index (κ1) is 19.0. The van der Waals surface area contributed by atoms with Crippen LogP contribution in [0.4, 0.5) is 5.82 Å². The molecule has 2 heterocycles. The third-order valence-electron chi connectivity index (χ3n) is 3.61. The molecule has 1 saturated heterocycles. The summed E-state index contributed by atoms with van der Waals surface area (Å²) in [5.41, 5.74) is 4.33. The Balaban J connectivity index is 2.10. The summed E-state index contributed by atoms with van der Waals surface area (Å²) in [7, 11) is 0. The number of carbonyl (C=O) groups is 2. The zero-order valence-corrected chi connectivity index (χ0v) is 12.8. The van der Waals surface area contributed by atoms with Gasteiger partial charge in [0.05, 0.1) is 13.0 Å². The molecule has 5 atom stereocenters. The molecule has 0 aromatic carbocycles. The molecule has 12 nitrogen and oxygen atoms in total. The minimum Gasteiger partial charge on any atom is -0.480 e. The van der Waals surface area contributed by atoms with Crippen molar-refractivity contribution in [1.29, 1.82) is 0 Å². The van der Waals surface area contributed by atoms with Crippen LogP contribution in [0.15, 0.2) is 17.1 Å². The predicted molar refractivity (Wildman–Crippen MR) is 80.4 cm³/mol. The smallest absolute Gasteiger partial charge is 0.351 e. The number of aliphatic carboxylic acids is 1. The Morgan fingerprint density at radius 3 is 2.60 bits per heavy atom. The number of nitrogens with one attached hydrogen (secondary N) is 1. The van der Waals surface area contributed by atoms with Crippen LogP contribution in [0.5, 0.6) is 0 Å². The number of hydrogen-bond acceptors (Lipinski definition) is 9. The average Bonchev–Trinajstić information content (AvgIpc) is 2.82. The molecule has 2 rings (SSSR count). The summed E-state index contributed by atoms with van der Waals surface area (Å²) in [6.07, 6.45) is -4.47. The molecule has 0 bridgehead atoms. The fourth-order valence-corrected chi connectivity index (χ4v) is 2.27. The standard InChI is InChI=1S/C13H18N4O8/c14-5(12(22)23)3-8(19)15-7-1-2-17(13(24)16-7)11-10(21)9(20)6(4-18)25-11/h1-2,5-6,9-11,18,20-21H,3-4,14H2,(H,22,23)(H,15,16,19,24)/t5?,6-,9+,10?,11-/m1/s1. The van der Waals surface area contributed by atoms with E-state index in [0.29, 0.717) is 0 Å². The zero-order chi connectivity index (χ0) is 18.7. The lowest BCUT2D eigenvalue weighted by atomic mass is 10.1. The van der Waals surface area contributed by atoms with Crippen LogP contribution in [-0.2, 0) is 14.3 Å². The van der Waals surface area contributed by atoms with Gasteiger partial charge < -0.3 is 36.2 Å². The van der Waals surface area contributed by atoms with E-state index < -0.39 is 61.2 Å². The second-order valence-corrected chi connectivity index (χ2v) is 5.43. The quantitative estimate of drug-likeness (QED) is 0.298. The Hall–Kier alpha value is -2.38. The van der Waals surface area contributed by atoms with Crippen LogP contribution in [0.25, 0.3) is 0 Å². The number of anilines is 1. The van der Waals surface area contributed by atoms with Crippen molar-refractivity contribution in [2.75, 3.05) is 11.9 Å². The van der Waals surface area contributed by atoms with Gasteiger partial charge >= 0.3 is 11.7 Å². The summed E-state index contributed by atoms with van der Waals surface area (Å²) in [5, 5.41) is 39.5. The van der Waals surface area contributed by atoms with E-state index in [1.54, 1.807) is 0 Å². The predicted octanol–water partition coefficient (Wildman–Crippen LogP) is -3.40. The van der Waals surface area contributed by atoms with E-state index >= 15 is 0 Å². The van der Waals surface area contributed by atoms with Gasteiger partial charge in [-0.2, -0.15) is 4.98 Å². The van der Waals surface area contributed by atoms with Crippen LogP contribution < -0.4 is 16.7 Å². The molecule has 1 aromatic rings. The fourth-order valence-electron chi connectivity index (χ4n) is 2.27. The topological polar surface area (TPSA) is 197 Å². The lowest BCUT2D eigenvalue weighted by Crippen LogP contribution is -2.36. The number of aromatic nitrogens is 2. The molecule has 1 aromatic heterocycles. The third-order valence-corrected chi connectivity index (χ3v) is 3.61. The van der Waals surface area contributed by atoms with Crippen molar-refractivity contribution in [3.8, 4) is 0 Å². The monoisotopic (exact) mass is 358 g/mol. The highest BCUT2D eigenvalue weighted by Crippen LogP contribution is 2.28. The maximum Gasteiger partial charge on any atom is 0.351 e. The van der Waals surface area contributed by atoms with E-state index in [4.69, 9.17) is 20.7 Å². The van der Waals surface area contributed by atoms with Gasteiger partial charge in [-0.05, 0) is 6.07 Å². The third kappa shape index (κ3) is 4.18. The Bertz CT molecular complexity index is 708. The molecule has 0 aliphatic carbocycles. The first-order valence-corrected chi connectivity index (χ1v) is 7.24. The number of aliphatic hydroxyl groups excluding tert-OH is 3. The summed E-state index contributed by atoms with van der Waals surface area (Å²) in [6.45, 7) is -0.547. The summed E-state index contributed by atoms with van der Waals surface area (Å²) in [6, 6.07) is -0.167. The Morgan fingerprint density at radius 1 is 1.40 bits per heavy atom. The van der Waals surface area contributed by atoms with Crippen LogP contribution in [0.2, 0.25) is 0 Å². The van der Waals surface area contributed by atoms with Crippen LogP contribution in [0, 0.1) is 0 Å². The molecular weight excluding hydrogens is 340 g/mol. The molecule has 0 spiro atoms. The first-order valence-electron chi connectivity index (χ1n) is 7.24. The second-order valence-electron chi connectivity index (χ2n) is 5.43. The van der Waals surface area contributed by atoms with Crippen molar-refractivity contribution in [1.82, 2.24) is 9.55 Å². The van der Waals surface area contributed by atoms with Crippen molar-refractivity contribution in [2.24, 2.45) is 5.73 Å². The summed E-state index contributed by atoms with van der Waals surface area (Å²) >= 11 is 0. The van der Waals surface area contributed by atoms with E-state index in [2.05, 4.69) is 10.3 Å². The minimum atomic E-state index is -1.45. The Labute approximate surface area is 140 Å². The number of aliphatic hydroxyl groups is 3. The van der Waals surface area contributed by atoms with Gasteiger partial charge in [-0.3, -0.25) is 14.2 Å². The zero-order valence-electron chi connectivity index (χ0n) is 12.8. The molecule has 25 heavy (non-hydrogen) atoms. The first-order chi connectivity index (χ1) is 11.7. The number of nitrogens with zero attached hydrogens (tertiary/aromatic N) is 2. The van der Waals surface area contributed by atoms with Crippen molar-refractivity contribution in [2.45, 2.75) is 37.0 Å². The lowest BCUT2D eigenvalue weighted by Gasteiger charge is -2.17. The Morgan fingerprint density at radius 2 is 2.08 bits per heavy atom. The van der Waals surface area contributed by atoms with Crippen LogP contribution in [0.3, 0.4) is 0 Å². The molecule has 1 aliphatic heterocycles. The number of ether oxygens (including phenoxy) is 1. The number of carbonyl (C=O) groups excluding carboxylic acids is 1. The average molecular weight is 358 g/mol. The molecule has 1 fully saturated rings. The minimum absolute atomic E-state index is 0.143. The molecule has 2 unspecified atom stereocenters. The van der Waals surface area contributed by atoms with Crippen LogP contribution >= 0.6 is 0 Å². The van der Waals surface area contributed by atoms with E-state index in [0.717, 1.165) is 4.57 Å². The van der Waals surface area contributed by atoms with E-state index in [1.807, 2.05) is 0 Å². The summed E-state index contributed by atoms with van der Waals surface area (Å²) in [4.78, 5) is 37.8. The molecular formula is C13H18N4O8. The highest BCUT2D eigenvalue weighted by Gasteiger charge is 2.43. The molecule has 7 N–H and O–H groups in total. The highest BCUT2D eigenvalue weighted by atomic mass is 16.6. The lowest BCUT2D eigenvalue weighted by molar-refractivity contribution is -0.140. The number of amides is 1. The molecule has 1 amide bonds. The molecule has 0 radical (unpaired) electrons. The van der Waals surface area contributed by atoms with Gasteiger partial charge in [0.1, 0.15) is 30.2 Å². The summed E-state index contributed by atoms with van der Waals surface area (Å²) < 4.78 is 6.10. The van der Waals surface area contributed by atoms with Gasteiger partial charge in [-0.15, -0.1) is 0 Å². The normalized spacial score (nSPS) is 27.0. The van der Waals surface area contributed by atoms with Crippen LogP contribution in [0.1, 0.15) is 12.6 Å². The maximum atomic E-state index is 12.0. The van der Waals surface area contributed by atoms with Gasteiger partial charge in [-0.1, -0.05) is 0 Å². The van der Waals surface area contributed by atoms with Gasteiger partial charge in [0.25, 0.3) is 0 Å². The largest absolute Gasteiger partial charge is 0.480 e. The maximum absolute atomic E-state index is 12.0. The molecule has 12 heteroatoms. The number of carboxylic acids is 1. The summed E-state index contributed by atoms with van der Waals surface area (Å²) in [5.74, 6) is -2.23. The van der Waals surface area contributed by atoms with Crippen molar-refractivity contribution in [3.63, 3.8) is 0 Å². The van der Waals surface area contributed by atoms with Crippen molar-refractivity contribution >= 4 is 17.7 Å². The van der Waals surface area contributed by atoms with Crippen molar-refractivity contribution < 1.29 is 34.8 Å². The number of nitrogens with two attached hydrogens (primary N) is 1. The highest BCUT2D eigenvalue weighted by molar-refractivity contribution is 5.93. The van der Waals surface area contributed by atoms with E-state index in [-0.39, 0.29) is 5.82 Å². The van der Waals surface area contributed by atoms with Gasteiger partial charge in [-0.25, -0.2) is 4.79 Å². The fraction of sp³-hybridized carbons (Fsp3) is 0.538. The molecule has 0 saturated carbocycles. The SMILES string of the molecule is NC(CC(=O)Nc1ccn([C@@H]2O[C@H](CO)[C@H](O)C2O)c(=O)n1)C(=O)O. The van der Waals surface area contributed by atoms with Gasteiger partial charge in [0.15, 0.2) is 6.23 Å².